The first-order chi connectivity index (χ1) is 15.5. The number of amides is 1. The number of carbonyl (C=O) groups excluding carboxylic acids is 1. The third-order valence-electron chi connectivity index (χ3n) is 5.75. The van der Waals surface area contributed by atoms with Crippen molar-refractivity contribution in [3.8, 4) is 17.2 Å². The highest BCUT2D eigenvalue weighted by molar-refractivity contribution is 5.99. The van der Waals surface area contributed by atoms with Crippen LogP contribution in [0.15, 0.2) is 36.4 Å². The van der Waals surface area contributed by atoms with Gasteiger partial charge in [0.25, 0.3) is 5.91 Å². The molecule has 1 fully saturated rings. The summed E-state index contributed by atoms with van der Waals surface area (Å²) in [7, 11) is 3.10. The quantitative estimate of drug-likeness (QED) is 0.603. The van der Waals surface area contributed by atoms with E-state index >= 15 is 0 Å². The monoisotopic (exact) mass is 437 g/mol. The number of nitrogen functional groups attached to an aromatic ring is 2. The first-order valence-corrected chi connectivity index (χ1v) is 10.5. The Bertz CT molecular complexity index is 1110. The van der Waals surface area contributed by atoms with Gasteiger partial charge in [0.2, 0.25) is 5.95 Å². The minimum absolute atomic E-state index is 0.0877. The molecule has 168 valence electrons. The summed E-state index contributed by atoms with van der Waals surface area (Å²) in [5, 5.41) is 0.664. The molecule has 3 aromatic rings. The molecule has 4 N–H and O–H groups in total. The van der Waals surface area contributed by atoms with Crippen LogP contribution >= 0.6 is 0 Å². The van der Waals surface area contributed by atoms with Gasteiger partial charge in [-0.25, -0.2) is 4.98 Å². The van der Waals surface area contributed by atoms with Gasteiger partial charge in [-0.15, -0.1) is 0 Å². The first-order valence-electron chi connectivity index (χ1n) is 10.5. The van der Waals surface area contributed by atoms with E-state index in [0.29, 0.717) is 65.1 Å². The second kappa shape index (κ2) is 9.17. The molecule has 1 aromatic heterocycles. The number of hydrogen-bond acceptors (Lipinski definition) is 8. The Morgan fingerprint density at radius 1 is 1.00 bits per heavy atom. The van der Waals surface area contributed by atoms with Crippen molar-refractivity contribution < 1.29 is 19.0 Å². The standard InChI is InChI=1S/C23H27N5O4/c1-30-16-6-4-7-17(31-2)20(16)22(29)28-11-9-14(10-12-28)13-32-18-8-3-5-15-19(18)21(24)27-23(25)26-15/h3-8,14H,9-13H2,1-2H3,(H4,24,25,26,27). The van der Waals surface area contributed by atoms with Crippen LogP contribution in [0.1, 0.15) is 23.2 Å². The van der Waals surface area contributed by atoms with E-state index in [9.17, 15) is 4.79 Å². The van der Waals surface area contributed by atoms with Gasteiger partial charge >= 0.3 is 0 Å². The highest BCUT2D eigenvalue weighted by Gasteiger charge is 2.28. The second-order valence-electron chi connectivity index (χ2n) is 7.70. The SMILES string of the molecule is COc1cccc(OC)c1C(=O)N1CCC(COc2cccc3nc(N)nc(N)c23)CC1. The van der Waals surface area contributed by atoms with Crippen LogP contribution in [0, 0.1) is 5.92 Å². The van der Waals surface area contributed by atoms with Crippen LogP contribution in [0.25, 0.3) is 10.9 Å². The molecular weight excluding hydrogens is 410 g/mol. The molecule has 0 unspecified atom stereocenters. The van der Waals surface area contributed by atoms with E-state index in [1.165, 1.54) is 0 Å². The number of nitrogens with zero attached hydrogens (tertiary/aromatic N) is 3. The Morgan fingerprint density at radius 2 is 1.62 bits per heavy atom. The van der Waals surface area contributed by atoms with Crippen molar-refractivity contribution in [1.82, 2.24) is 14.9 Å². The summed E-state index contributed by atoms with van der Waals surface area (Å²) in [4.78, 5) is 23.3. The fourth-order valence-electron chi connectivity index (χ4n) is 4.05. The molecule has 1 aliphatic heterocycles. The number of hydrogen-bond donors (Lipinski definition) is 2. The fraction of sp³-hybridized carbons (Fsp3) is 0.348. The maximum Gasteiger partial charge on any atom is 0.261 e. The zero-order valence-corrected chi connectivity index (χ0v) is 18.2. The van der Waals surface area contributed by atoms with Crippen LogP contribution in [0.4, 0.5) is 11.8 Å². The third kappa shape index (κ3) is 4.18. The minimum Gasteiger partial charge on any atom is -0.496 e. The molecule has 4 rings (SSSR count). The Balaban J connectivity index is 1.40. The minimum atomic E-state index is -0.0877. The molecule has 1 aliphatic rings. The van der Waals surface area contributed by atoms with E-state index < -0.39 is 0 Å². The fourth-order valence-corrected chi connectivity index (χ4v) is 4.05. The van der Waals surface area contributed by atoms with Crippen LogP contribution in [0.3, 0.4) is 0 Å². The van der Waals surface area contributed by atoms with Crippen LogP contribution < -0.4 is 25.7 Å². The van der Waals surface area contributed by atoms with Crippen molar-refractivity contribution in [2.45, 2.75) is 12.8 Å². The van der Waals surface area contributed by atoms with Crippen molar-refractivity contribution in [3.05, 3.63) is 42.0 Å². The van der Waals surface area contributed by atoms with Gasteiger partial charge in [0.1, 0.15) is 28.6 Å². The van der Waals surface area contributed by atoms with Gasteiger partial charge in [-0.3, -0.25) is 4.79 Å². The normalized spacial score (nSPS) is 14.4. The Kier molecular flexibility index (Phi) is 6.16. The summed E-state index contributed by atoms with van der Waals surface area (Å²) in [6.45, 7) is 1.78. The highest BCUT2D eigenvalue weighted by atomic mass is 16.5. The van der Waals surface area contributed by atoms with Crippen LogP contribution in [-0.2, 0) is 0 Å². The van der Waals surface area contributed by atoms with Gasteiger partial charge in [-0.2, -0.15) is 4.98 Å². The summed E-state index contributed by atoms with van der Waals surface area (Å²) < 4.78 is 16.9. The van der Waals surface area contributed by atoms with Crippen LogP contribution in [0.5, 0.6) is 17.2 Å². The van der Waals surface area contributed by atoms with Crippen LogP contribution in [-0.4, -0.2) is 54.7 Å². The molecular formula is C23H27N5O4. The number of benzene rings is 2. The molecule has 0 radical (unpaired) electrons. The van der Waals surface area contributed by atoms with E-state index in [1.807, 2.05) is 23.1 Å². The largest absolute Gasteiger partial charge is 0.496 e. The predicted octanol–water partition coefficient (Wildman–Crippen LogP) is 2.74. The summed E-state index contributed by atoms with van der Waals surface area (Å²) >= 11 is 0. The third-order valence-corrected chi connectivity index (χ3v) is 5.75. The van der Waals surface area contributed by atoms with Crippen LogP contribution in [0.2, 0.25) is 0 Å². The zero-order chi connectivity index (χ0) is 22.7. The number of fused-ring (bicyclic) bond motifs is 1. The summed E-state index contributed by atoms with van der Waals surface area (Å²) in [5.41, 5.74) is 12.8. The van der Waals surface area contributed by atoms with Gasteiger partial charge in [0.15, 0.2) is 0 Å². The first kappa shape index (κ1) is 21.5. The number of anilines is 2. The molecule has 1 amide bonds. The second-order valence-corrected chi connectivity index (χ2v) is 7.70. The van der Waals surface area contributed by atoms with Gasteiger partial charge in [0.05, 0.1) is 31.7 Å². The van der Waals surface area contributed by atoms with Crippen molar-refractivity contribution in [2.75, 3.05) is 45.4 Å². The zero-order valence-electron chi connectivity index (χ0n) is 18.2. The lowest BCUT2D eigenvalue weighted by atomic mass is 9.97. The number of ether oxygens (including phenoxy) is 3. The smallest absolute Gasteiger partial charge is 0.261 e. The molecule has 0 atom stereocenters. The number of aromatic nitrogens is 2. The molecule has 2 aromatic carbocycles. The number of methoxy groups -OCH3 is 2. The van der Waals surface area contributed by atoms with E-state index in [2.05, 4.69) is 9.97 Å². The van der Waals surface area contributed by atoms with E-state index in [1.54, 1.807) is 32.4 Å². The molecule has 2 heterocycles. The van der Waals surface area contributed by atoms with Gasteiger partial charge in [0, 0.05) is 13.1 Å². The lowest BCUT2D eigenvalue weighted by Gasteiger charge is -2.32. The number of rotatable bonds is 6. The van der Waals surface area contributed by atoms with Gasteiger partial charge in [-0.05, 0) is 43.0 Å². The molecule has 0 aliphatic carbocycles. The van der Waals surface area contributed by atoms with E-state index in [-0.39, 0.29) is 11.9 Å². The van der Waals surface area contributed by atoms with Gasteiger partial charge < -0.3 is 30.6 Å². The topological polar surface area (TPSA) is 126 Å². The Labute approximate surface area is 186 Å². The molecule has 0 spiro atoms. The maximum absolute atomic E-state index is 13.2. The Hall–Kier alpha value is -3.75. The van der Waals surface area contributed by atoms with Crippen molar-refractivity contribution in [1.29, 1.82) is 0 Å². The van der Waals surface area contributed by atoms with E-state index in [4.69, 9.17) is 25.7 Å². The Morgan fingerprint density at radius 3 is 2.28 bits per heavy atom. The maximum atomic E-state index is 13.2. The average Bonchev–Trinajstić information content (AvgIpc) is 2.81. The molecule has 9 heteroatoms. The summed E-state index contributed by atoms with van der Waals surface area (Å²) in [6.07, 6.45) is 1.65. The molecule has 1 saturated heterocycles. The number of carbonyl (C=O) groups is 1. The molecule has 9 nitrogen and oxygen atoms in total. The van der Waals surface area contributed by atoms with E-state index in [0.717, 1.165) is 12.8 Å². The number of nitrogens with two attached hydrogens (primary N) is 2. The summed E-state index contributed by atoms with van der Waals surface area (Å²) in [6, 6.07) is 10.9. The molecule has 0 bridgehead atoms. The van der Waals surface area contributed by atoms with Crippen molar-refractivity contribution >= 4 is 28.6 Å². The highest BCUT2D eigenvalue weighted by Crippen LogP contribution is 2.32. The summed E-state index contributed by atoms with van der Waals surface area (Å²) in [5.74, 6) is 2.31. The average molecular weight is 438 g/mol. The lowest BCUT2D eigenvalue weighted by molar-refractivity contribution is 0.0655. The number of piperidine rings is 1. The lowest BCUT2D eigenvalue weighted by Crippen LogP contribution is -2.40. The predicted molar refractivity (Wildman–Crippen MR) is 122 cm³/mol. The van der Waals surface area contributed by atoms with Gasteiger partial charge in [-0.1, -0.05) is 12.1 Å². The molecule has 0 saturated carbocycles. The van der Waals surface area contributed by atoms with Crippen molar-refractivity contribution in [3.63, 3.8) is 0 Å². The van der Waals surface area contributed by atoms with Crippen molar-refractivity contribution in [2.24, 2.45) is 5.92 Å². The number of likely N-dealkylation sites (tertiary alicyclic amines) is 1. The molecule has 32 heavy (non-hydrogen) atoms.